The smallest absolute Gasteiger partial charge is 0.161 e. The van der Waals surface area contributed by atoms with E-state index in [-0.39, 0.29) is 0 Å². The molecule has 0 aromatic heterocycles. The van der Waals surface area contributed by atoms with Gasteiger partial charge in [-0.05, 0) is 30.5 Å². The van der Waals surface area contributed by atoms with E-state index in [1.165, 1.54) is 5.56 Å². The van der Waals surface area contributed by atoms with Crippen LogP contribution >= 0.6 is 11.8 Å². The summed E-state index contributed by atoms with van der Waals surface area (Å²) in [4.78, 5) is 4.53. The van der Waals surface area contributed by atoms with Crippen LogP contribution in [0.1, 0.15) is 32.3 Å². The Bertz CT molecular complexity index is 399. The van der Waals surface area contributed by atoms with Crippen molar-refractivity contribution in [3.05, 3.63) is 29.8 Å². The first kappa shape index (κ1) is 11.5. The number of rotatable bonds is 2. The molecule has 2 nitrogen and oxygen atoms in total. The molecule has 1 aromatic carbocycles. The Kier molecular flexibility index (Phi) is 3.54. The second-order valence-corrected chi connectivity index (χ2v) is 5.51. The fourth-order valence-electron chi connectivity index (χ4n) is 1.64. The van der Waals surface area contributed by atoms with Crippen LogP contribution in [0, 0.1) is 0 Å². The highest BCUT2D eigenvalue weighted by Gasteiger charge is 2.13. The molecule has 1 aliphatic heterocycles. The third-order valence-corrected chi connectivity index (χ3v) is 3.73. The zero-order valence-electron chi connectivity index (χ0n) is 10.0. The van der Waals surface area contributed by atoms with Gasteiger partial charge in [0.15, 0.2) is 5.17 Å². The highest BCUT2D eigenvalue weighted by Crippen LogP contribution is 2.22. The molecule has 3 heteroatoms. The van der Waals surface area contributed by atoms with E-state index in [0.717, 1.165) is 16.6 Å². The predicted octanol–water partition coefficient (Wildman–Crippen LogP) is 3.71. The van der Waals surface area contributed by atoms with E-state index in [0.29, 0.717) is 12.0 Å². The van der Waals surface area contributed by atoms with Crippen LogP contribution in [0.25, 0.3) is 0 Å². The van der Waals surface area contributed by atoms with Crippen molar-refractivity contribution in [1.82, 2.24) is 0 Å². The molecular weight excluding hydrogens is 216 g/mol. The summed E-state index contributed by atoms with van der Waals surface area (Å²) in [6.45, 7) is 6.57. The average Bonchev–Trinajstić information content (AvgIpc) is 2.64. The monoisotopic (exact) mass is 234 g/mol. The third kappa shape index (κ3) is 2.79. The topological polar surface area (TPSA) is 24.4 Å². The number of hydrogen-bond acceptors (Lipinski definition) is 3. The number of benzene rings is 1. The first-order chi connectivity index (χ1) is 7.65. The quantitative estimate of drug-likeness (QED) is 0.843. The zero-order valence-corrected chi connectivity index (χ0v) is 10.8. The summed E-state index contributed by atoms with van der Waals surface area (Å²) in [5.74, 6) is 1.66. The standard InChI is InChI=1S/C13H18N2S/c1-9(2)11-5-4-6-12(7-11)15-13-14-10(3)8-16-13/h4-7,9-10H,8H2,1-3H3,(H,14,15). The van der Waals surface area contributed by atoms with Gasteiger partial charge in [0, 0.05) is 11.4 Å². The second kappa shape index (κ2) is 4.91. The van der Waals surface area contributed by atoms with E-state index in [2.05, 4.69) is 55.3 Å². The molecular formula is C13H18N2S. The maximum absolute atomic E-state index is 4.53. The lowest BCUT2D eigenvalue weighted by molar-refractivity contribution is 0.864. The lowest BCUT2D eigenvalue weighted by atomic mass is 10.0. The van der Waals surface area contributed by atoms with E-state index in [9.17, 15) is 0 Å². The van der Waals surface area contributed by atoms with E-state index in [1.807, 2.05) is 0 Å². The number of amidine groups is 1. The molecule has 1 heterocycles. The summed E-state index contributed by atoms with van der Waals surface area (Å²) in [5.41, 5.74) is 2.51. The summed E-state index contributed by atoms with van der Waals surface area (Å²) in [6, 6.07) is 9.01. The minimum atomic E-state index is 0.445. The lowest BCUT2D eigenvalue weighted by Crippen LogP contribution is -2.05. The van der Waals surface area contributed by atoms with Crippen LogP contribution in [0.3, 0.4) is 0 Å². The van der Waals surface area contributed by atoms with Gasteiger partial charge in [0.1, 0.15) is 0 Å². The van der Waals surface area contributed by atoms with Gasteiger partial charge in [0.05, 0.1) is 6.04 Å². The third-order valence-electron chi connectivity index (χ3n) is 2.60. The molecule has 0 aliphatic carbocycles. The molecule has 16 heavy (non-hydrogen) atoms. The zero-order chi connectivity index (χ0) is 11.5. The minimum Gasteiger partial charge on any atom is -0.335 e. The minimum absolute atomic E-state index is 0.445. The van der Waals surface area contributed by atoms with Crippen molar-refractivity contribution in [2.75, 3.05) is 11.1 Å². The molecule has 1 aromatic rings. The van der Waals surface area contributed by atoms with Gasteiger partial charge in [-0.15, -0.1) is 0 Å². The van der Waals surface area contributed by atoms with E-state index >= 15 is 0 Å². The van der Waals surface area contributed by atoms with Crippen LogP contribution in [-0.4, -0.2) is 17.0 Å². The van der Waals surface area contributed by atoms with Crippen LogP contribution in [0.4, 0.5) is 5.69 Å². The highest BCUT2D eigenvalue weighted by atomic mass is 32.2. The molecule has 0 fully saturated rings. The molecule has 0 saturated carbocycles. The Balaban J connectivity index is 2.10. The molecule has 0 amide bonds. The van der Waals surface area contributed by atoms with Gasteiger partial charge >= 0.3 is 0 Å². The van der Waals surface area contributed by atoms with Crippen LogP contribution in [0.2, 0.25) is 0 Å². The van der Waals surface area contributed by atoms with Gasteiger partial charge in [-0.2, -0.15) is 0 Å². The molecule has 2 rings (SSSR count). The van der Waals surface area contributed by atoms with Gasteiger partial charge in [0.25, 0.3) is 0 Å². The maximum atomic E-state index is 4.53. The average molecular weight is 234 g/mol. The van der Waals surface area contributed by atoms with E-state index in [4.69, 9.17) is 0 Å². The highest BCUT2D eigenvalue weighted by molar-refractivity contribution is 8.14. The fourth-order valence-corrected chi connectivity index (χ4v) is 2.56. The molecule has 1 atom stereocenters. The van der Waals surface area contributed by atoms with Crippen LogP contribution in [-0.2, 0) is 0 Å². The largest absolute Gasteiger partial charge is 0.335 e. The Morgan fingerprint density at radius 3 is 2.88 bits per heavy atom. The fraction of sp³-hybridized carbons (Fsp3) is 0.462. The molecule has 0 bridgehead atoms. The normalized spacial score (nSPS) is 20.0. The lowest BCUT2D eigenvalue weighted by Gasteiger charge is -2.09. The summed E-state index contributed by atoms with van der Waals surface area (Å²) < 4.78 is 0. The number of thioether (sulfide) groups is 1. The summed E-state index contributed by atoms with van der Waals surface area (Å²) in [6.07, 6.45) is 0. The maximum Gasteiger partial charge on any atom is 0.161 e. The summed E-state index contributed by atoms with van der Waals surface area (Å²) in [5, 5.41) is 4.43. The van der Waals surface area contributed by atoms with Gasteiger partial charge in [-0.25, -0.2) is 0 Å². The molecule has 1 aliphatic rings. The van der Waals surface area contributed by atoms with Crippen LogP contribution in [0.15, 0.2) is 29.3 Å². The molecule has 1 unspecified atom stereocenters. The Morgan fingerprint density at radius 1 is 1.44 bits per heavy atom. The van der Waals surface area contributed by atoms with Crippen molar-refractivity contribution in [2.45, 2.75) is 32.7 Å². The van der Waals surface area contributed by atoms with Gasteiger partial charge in [-0.1, -0.05) is 37.7 Å². The van der Waals surface area contributed by atoms with Crippen molar-refractivity contribution in [1.29, 1.82) is 0 Å². The van der Waals surface area contributed by atoms with E-state index in [1.54, 1.807) is 11.8 Å². The molecule has 1 N–H and O–H groups in total. The molecule has 0 spiro atoms. The van der Waals surface area contributed by atoms with Crippen molar-refractivity contribution in [2.24, 2.45) is 4.99 Å². The van der Waals surface area contributed by atoms with Crippen LogP contribution < -0.4 is 5.32 Å². The second-order valence-electron chi connectivity index (χ2n) is 4.50. The molecule has 0 saturated heterocycles. The van der Waals surface area contributed by atoms with Crippen molar-refractivity contribution in [3.63, 3.8) is 0 Å². The van der Waals surface area contributed by atoms with Crippen molar-refractivity contribution >= 4 is 22.6 Å². The first-order valence-electron chi connectivity index (χ1n) is 5.72. The molecule has 86 valence electrons. The van der Waals surface area contributed by atoms with Gasteiger partial charge in [0.2, 0.25) is 0 Å². The SMILES string of the molecule is CC1CSC(Nc2cccc(C(C)C)c2)=N1. The predicted molar refractivity (Wildman–Crippen MR) is 73.5 cm³/mol. The molecule has 0 radical (unpaired) electrons. The Labute approximate surface area is 102 Å². The first-order valence-corrected chi connectivity index (χ1v) is 6.71. The number of hydrogen-bond donors (Lipinski definition) is 1. The van der Waals surface area contributed by atoms with E-state index < -0.39 is 0 Å². The Morgan fingerprint density at radius 2 is 2.25 bits per heavy atom. The number of aliphatic imine (C=N–C) groups is 1. The Hall–Kier alpha value is -0.960. The van der Waals surface area contributed by atoms with Gasteiger partial charge in [-0.3, -0.25) is 4.99 Å². The van der Waals surface area contributed by atoms with Crippen molar-refractivity contribution < 1.29 is 0 Å². The summed E-state index contributed by atoms with van der Waals surface area (Å²) in [7, 11) is 0. The van der Waals surface area contributed by atoms with Crippen molar-refractivity contribution in [3.8, 4) is 0 Å². The van der Waals surface area contributed by atoms with Crippen LogP contribution in [0.5, 0.6) is 0 Å². The van der Waals surface area contributed by atoms with Gasteiger partial charge < -0.3 is 5.32 Å². The number of nitrogens with one attached hydrogen (secondary N) is 1. The summed E-state index contributed by atoms with van der Waals surface area (Å²) >= 11 is 1.80. The number of nitrogens with zero attached hydrogens (tertiary/aromatic N) is 1. The number of anilines is 1.